The average Bonchev–Trinajstić information content (AvgIpc) is 3.01. The Balaban J connectivity index is 2.34. The van der Waals surface area contributed by atoms with Crippen LogP contribution >= 0.6 is 0 Å². The van der Waals surface area contributed by atoms with Gasteiger partial charge in [-0.2, -0.15) is 0 Å². The van der Waals surface area contributed by atoms with Gasteiger partial charge in [-0.05, 0) is 31.0 Å². The number of methoxy groups -OCH3 is 1. The summed E-state index contributed by atoms with van der Waals surface area (Å²) in [5.74, 6) is -1.06. The molecule has 1 aromatic rings. The van der Waals surface area contributed by atoms with Gasteiger partial charge >= 0.3 is 5.97 Å². The lowest BCUT2D eigenvalue weighted by atomic mass is 10.0. The SMILES string of the molecule is COc1cc(C)c(F)cc1C1CC1C(=O)O. The maximum Gasteiger partial charge on any atom is 0.307 e. The zero-order valence-electron chi connectivity index (χ0n) is 9.16. The summed E-state index contributed by atoms with van der Waals surface area (Å²) in [6, 6.07) is 3.00. The third kappa shape index (κ3) is 1.75. The van der Waals surface area contributed by atoms with Crippen molar-refractivity contribution in [3.05, 3.63) is 29.1 Å². The second-order valence-electron chi connectivity index (χ2n) is 4.13. The van der Waals surface area contributed by atoms with Crippen LogP contribution in [0.25, 0.3) is 0 Å². The third-order valence-electron chi connectivity index (χ3n) is 3.02. The van der Waals surface area contributed by atoms with Crippen molar-refractivity contribution in [3.63, 3.8) is 0 Å². The molecule has 0 amide bonds. The van der Waals surface area contributed by atoms with Crippen molar-refractivity contribution in [2.75, 3.05) is 7.11 Å². The summed E-state index contributed by atoms with van der Waals surface area (Å²) < 4.78 is 18.6. The summed E-state index contributed by atoms with van der Waals surface area (Å²) in [5.41, 5.74) is 1.17. The monoisotopic (exact) mass is 224 g/mol. The summed E-state index contributed by atoms with van der Waals surface area (Å²) in [4.78, 5) is 10.8. The first kappa shape index (κ1) is 10.9. The van der Waals surface area contributed by atoms with Crippen molar-refractivity contribution < 1.29 is 19.0 Å². The van der Waals surface area contributed by atoms with Gasteiger partial charge in [-0.3, -0.25) is 4.79 Å². The van der Waals surface area contributed by atoms with E-state index in [0.717, 1.165) is 0 Å². The fraction of sp³-hybridized carbons (Fsp3) is 0.417. The molecule has 1 saturated carbocycles. The molecule has 1 aliphatic rings. The minimum Gasteiger partial charge on any atom is -0.496 e. The van der Waals surface area contributed by atoms with Crippen LogP contribution in [0.5, 0.6) is 5.75 Å². The minimum absolute atomic E-state index is 0.109. The quantitative estimate of drug-likeness (QED) is 0.857. The van der Waals surface area contributed by atoms with Crippen molar-refractivity contribution in [2.45, 2.75) is 19.3 Å². The van der Waals surface area contributed by atoms with Gasteiger partial charge in [0.2, 0.25) is 0 Å². The van der Waals surface area contributed by atoms with E-state index in [0.29, 0.717) is 23.3 Å². The smallest absolute Gasteiger partial charge is 0.307 e. The second-order valence-corrected chi connectivity index (χ2v) is 4.13. The highest BCUT2D eigenvalue weighted by molar-refractivity contribution is 5.75. The van der Waals surface area contributed by atoms with Gasteiger partial charge in [0.15, 0.2) is 0 Å². The fourth-order valence-electron chi connectivity index (χ4n) is 1.95. The van der Waals surface area contributed by atoms with E-state index in [1.807, 2.05) is 0 Å². The topological polar surface area (TPSA) is 46.5 Å². The van der Waals surface area contributed by atoms with Crippen molar-refractivity contribution in [3.8, 4) is 5.75 Å². The lowest BCUT2D eigenvalue weighted by Crippen LogP contribution is -2.01. The van der Waals surface area contributed by atoms with E-state index in [1.54, 1.807) is 13.0 Å². The molecule has 1 fully saturated rings. The lowest BCUT2D eigenvalue weighted by molar-refractivity contribution is -0.138. The molecule has 86 valence electrons. The van der Waals surface area contributed by atoms with Gasteiger partial charge < -0.3 is 9.84 Å². The fourth-order valence-corrected chi connectivity index (χ4v) is 1.95. The molecule has 0 spiro atoms. The van der Waals surface area contributed by atoms with Gasteiger partial charge in [-0.25, -0.2) is 4.39 Å². The Morgan fingerprint density at radius 2 is 2.25 bits per heavy atom. The van der Waals surface area contributed by atoms with E-state index < -0.39 is 11.9 Å². The third-order valence-corrected chi connectivity index (χ3v) is 3.02. The van der Waals surface area contributed by atoms with E-state index in [2.05, 4.69) is 0 Å². The first-order valence-corrected chi connectivity index (χ1v) is 5.11. The molecule has 1 aliphatic carbocycles. The molecule has 0 aliphatic heterocycles. The lowest BCUT2D eigenvalue weighted by Gasteiger charge is -2.09. The number of ether oxygens (including phenoxy) is 1. The Morgan fingerprint density at radius 3 is 2.75 bits per heavy atom. The standard InChI is InChI=1S/C12H13FO3/c1-6-3-11(16-2)8(5-10(6)13)7-4-9(7)12(14)15/h3,5,7,9H,4H2,1-2H3,(H,14,15). The van der Waals surface area contributed by atoms with Crippen LogP contribution in [0.1, 0.15) is 23.5 Å². The van der Waals surface area contributed by atoms with Crippen molar-refractivity contribution in [1.29, 1.82) is 0 Å². The molecule has 0 saturated heterocycles. The molecule has 0 heterocycles. The van der Waals surface area contributed by atoms with Crippen LogP contribution in [-0.4, -0.2) is 18.2 Å². The number of hydrogen-bond acceptors (Lipinski definition) is 2. The Labute approximate surface area is 92.9 Å². The number of hydrogen-bond donors (Lipinski definition) is 1. The number of carboxylic acids is 1. The Morgan fingerprint density at radius 1 is 1.56 bits per heavy atom. The number of benzene rings is 1. The normalized spacial score (nSPS) is 22.9. The largest absolute Gasteiger partial charge is 0.496 e. The van der Waals surface area contributed by atoms with Crippen molar-refractivity contribution >= 4 is 5.97 Å². The molecule has 1 aromatic carbocycles. The zero-order valence-corrected chi connectivity index (χ0v) is 9.16. The Bertz CT molecular complexity index is 442. The van der Waals surface area contributed by atoms with Gasteiger partial charge in [-0.1, -0.05) is 0 Å². The first-order chi connectivity index (χ1) is 7.54. The van der Waals surface area contributed by atoms with Crippen LogP contribution in [0, 0.1) is 18.7 Å². The molecule has 3 nitrogen and oxygen atoms in total. The molecule has 4 heteroatoms. The van der Waals surface area contributed by atoms with Crippen LogP contribution in [0.2, 0.25) is 0 Å². The molecule has 1 N–H and O–H groups in total. The molecule has 2 unspecified atom stereocenters. The molecular weight excluding hydrogens is 211 g/mol. The first-order valence-electron chi connectivity index (χ1n) is 5.11. The maximum absolute atomic E-state index is 13.4. The van der Waals surface area contributed by atoms with Crippen molar-refractivity contribution in [1.82, 2.24) is 0 Å². The van der Waals surface area contributed by atoms with Crippen LogP contribution in [0.15, 0.2) is 12.1 Å². The van der Waals surface area contributed by atoms with Crippen molar-refractivity contribution in [2.24, 2.45) is 5.92 Å². The number of aliphatic carboxylic acids is 1. The maximum atomic E-state index is 13.4. The highest BCUT2D eigenvalue weighted by Crippen LogP contribution is 2.50. The second kappa shape index (κ2) is 3.77. The molecule has 2 atom stereocenters. The Kier molecular flexibility index (Phi) is 2.58. The molecule has 0 radical (unpaired) electrons. The number of carbonyl (C=O) groups is 1. The average molecular weight is 224 g/mol. The summed E-state index contributed by atoms with van der Waals surface area (Å²) >= 11 is 0. The van der Waals surface area contributed by atoms with Crippen LogP contribution in [0.3, 0.4) is 0 Å². The van der Waals surface area contributed by atoms with Crippen LogP contribution < -0.4 is 4.74 Å². The molecule has 16 heavy (non-hydrogen) atoms. The van der Waals surface area contributed by atoms with E-state index in [9.17, 15) is 9.18 Å². The van der Waals surface area contributed by atoms with Gasteiger partial charge in [0.25, 0.3) is 0 Å². The Hall–Kier alpha value is -1.58. The number of halogens is 1. The molecule has 0 bridgehead atoms. The highest BCUT2D eigenvalue weighted by Gasteiger charge is 2.45. The summed E-state index contributed by atoms with van der Waals surface area (Å²) in [6.45, 7) is 1.66. The minimum atomic E-state index is -0.826. The van der Waals surface area contributed by atoms with Crippen LogP contribution in [0.4, 0.5) is 4.39 Å². The van der Waals surface area contributed by atoms with Gasteiger partial charge in [0, 0.05) is 11.5 Å². The molecule has 2 rings (SSSR count). The highest BCUT2D eigenvalue weighted by atomic mass is 19.1. The predicted octanol–water partition coefficient (Wildman–Crippen LogP) is 2.33. The summed E-state index contributed by atoms with van der Waals surface area (Å²) in [5, 5.41) is 8.84. The predicted molar refractivity (Wildman–Crippen MR) is 56.2 cm³/mol. The summed E-state index contributed by atoms with van der Waals surface area (Å²) in [6.07, 6.45) is 0.564. The van der Waals surface area contributed by atoms with Gasteiger partial charge in [-0.15, -0.1) is 0 Å². The summed E-state index contributed by atoms with van der Waals surface area (Å²) in [7, 11) is 1.51. The van der Waals surface area contributed by atoms with E-state index in [-0.39, 0.29) is 11.7 Å². The van der Waals surface area contributed by atoms with E-state index in [4.69, 9.17) is 9.84 Å². The van der Waals surface area contributed by atoms with Gasteiger partial charge in [0.05, 0.1) is 13.0 Å². The molecular formula is C12H13FO3. The zero-order chi connectivity index (χ0) is 11.9. The number of rotatable bonds is 3. The molecule has 0 aromatic heterocycles. The van der Waals surface area contributed by atoms with E-state index >= 15 is 0 Å². The van der Waals surface area contributed by atoms with Gasteiger partial charge in [0.1, 0.15) is 11.6 Å². The van der Waals surface area contributed by atoms with E-state index in [1.165, 1.54) is 13.2 Å². The number of aryl methyl sites for hydroxylation is 1. The number of carboxylic acid groups (broad SMARTS) is 1. The van der Waals surface area contributed by atoms with Crippen LogP contribution in [-0.2, 0) is 4.79 Å².